The molecular weight excluding hydrogens is 252 g/mol. The number of thioether (sulfide) groups is 1. The number of amides is 2. The lowest BCUT2D eigenvalue weighted by Crippen LogP contribution is -2.49. The van der Waals surface area contributed by atoms with E-state index in [1.807, 2.05) is 18.7 Å². The molecule has 0 fully saturated rings. The van der Waals surface area contributed by atoms with Crippen molar-refractivity contribution in [2.24, 2.45) is 0 Å². The van der Waals surface area contributed by atoms with Gasteiger partial charge in [-0.15, -0.1) is 0 Å². The SMILES string of the molecule is CCSCCC(C)NC(=O)N(C)C(CC)C(=O)O. The first-order valence-electron chi connectivity index (χ1n) is 6.27. The zero-order chi connectivity index (χ0) is 14.1. The smallest absolute Gasteiger partial charge is 0.326 e. The third-order valence-corrected chi connectivity index (χ3v) is 3.66. The summed E-state index contributed by atoms with van der Waals surface area (Å²) in [5.41, 5.74) is 0. The summed E-state index contributed by atoms with van der Waals surface area (Å²) in [7, 11) is 1.52. The molecule has 0 aliphatic carbocycles. The summed E-state index contributed by atoms with van der Waals surface area (Å²) in [6.45, 7) is 5.79. The zero-order valence-electron chi connectivity index (χ0n) is 11.6. The number of nitrogens with one attached hydrogen (secondary N) is 1. The molecule has 5 nitrogen and oxygen atoms in total. The van der Waals surface area contributed by atoms with Crippen LogP contribution in [0.2, 0.25) is 0 Å². The number of carboxylic acid groups (broad SMARTS) is 1. The first-order chi connectivity index (χ1) is 8.43. The second kappa shape index (κ2) is 9.08. The number of carbonyl (C=O) groups excluding carboxylic acids is 1. The van der Waals surface area contributed by atoms with Crippen LogP contribution in [0.1, 0.15) is 33.6 Å². The minimum absolute atomic E-state index is 0.0605. The van der Waals surface area contributed by atoms with Crippen LogP contribution in [0.25, 0.3) is 0 Å². The Kier molecular flexibility index (Phi) is 8.62. The normalized spacial score (nSPS) is 13.8. The van der Waals surface area contributed by atoms with Crippen LogP contribution < -0.4 is 5.32 Å². The van der Waals surface area contributed by atoms with Gasteiger partial charge in [-0.05, 0) is 31.3 Å². The number of hydrogen-bond acceptors (Lipinski definition) is 3. The molecule has 0 aromatic heterocycles. The van der Waals surface area contributed by atoms with Crippen molar-refractivity contribution in [3.05, 3.63) is 0 Å². The fraction of sp³-hybridized carbons (Fsp3) is 0.833. The van der Waals surface area contributed by atoms with Gasteiger partial charge in [-0.25, -0.2) is 9.59 Å². The molecular formula is C12H24N2O3S. The van der Waals surface area contributed by atoms with Gasteiger partial charge in [-0.1, -0.05) is 13.8 Å². The van der Waals surface area contributed by atoms with E-state index in [2.05, 4.69) is 12.2 Å². The molecule has 0 heterocycles. The Morgan fingerprint density at radius 1 is 1.39 bits per heavy atom. The summed E-state index contributed by atoms with van der Waals surface area (Å²) in [5.74, 6) is 1.10. The lowest BCUT2D eigenvalue weighted by molar-refractivity contribution is -0.141. The van der Waals surface area contributed by atoms with Crippen molar-refractivity contribution < 1.29 is 14.7 Å². The van der Waals surface area contributed by atoms with Crippen LogP contribution in [0, 0.1) is 0 Å². The van der Waals surface area contributed by atoms with Crippen LogP contribution in [0.15, 0.2) is 0 Å². The Labute approximate surface area is 113 Å². The standard InChI is InChI=1S/C12H24N2O3S/c1-5-10(11(15)16)14(4)12(17)13-9(3)7-8-18-6-2/h9-10H,5-8H2,1-4H3,(H,13,17)(H,15,16). The first-order valence-corrected chi connectivity index (χ1v) is 7.43. The number of likely N-dealkylation sites (N-methyl/N-ethyl adjacent to an activating group) is 1. The van der Waals surface area contributed by atoms with E-state index < -0.39 is 12.0 Å². The Morgan fingerprint density at radius 3 is 2.44 bits per heavy atom. The highest BCUT2D eigenvalue weighted by Gasteiger charge is 2.25. The highest BCUT2D eigenvalue weighted by Crippen LogP contribution is 2.06. The summed E-state index contributed by atoms with van der Waals surface area (Å²) in [6.07, 6.45) is 1.29. The van der Waals surface area contributed by atoms with Gasteiger partial charge in [-0.2, -0.15) is 11.8 Å². The molecule has 18 heavy (non-hydrogen) atoms. The number of urea groups is 1. The van der Waals surface area contributed by atoms with Crippen LogP contribution in [-0.4, -0.2) is 52.6 Å². The van der Waals surface area contributed by atoms with Gasteiger partial charge in [0, 0.05) is 13.1 Å². The van der Waals surface area contributed by atoms with Gasteiger partial charge >= 0.3 is 12.0 Å². The number of rotatable bonds is 8. The summed E-state index contributed by atoms with van der Waals surface area (Å²) in [6, 6.07) is -1.02. The molecule has 0 saturated heterocycles. The Bertz CT molecular complexity index is 274. The number of aliphatic carboxylic acids is 1. The minimum atomic E-state index is -0.968. The van der Waals surface area contributed by atoms with E-state index in [1.54, 1.807) is 6.92 Å². The van der Waals surface area contributed by atoms with Crippen molar-refractivity contribution in [1.82, 2.24) is 10.2 Å². The van der Waals surface area contributed by atoms with E-state index in [0.717, 1.165) is 17.9 Å². The van der Waals surface area contributed by atoms with Crippen molar-refractivity contribution in [1.29, 1.82) is 0 Å². The van der Waals surface area contributed by atoms with E-state index >= 15 is 0 Å². The summed E-state index contributed by atoms with van der Waals surface area (Å²) < 4.78 is 0. The van der Waals surface area contributed by atoms with Crippen molar-refractivity contribution in [2.45, 2.75) is 45.7 Å². The molecule has 0 aromatic carbocycles. The van der Waals surface area contributed by atoms with Crippen LogP contribution in [0.3, 0.4) is 0 Å². The number of carboxylic acids is 1. The van der Waals surface area contributed by atoms with E-state index in [9.17, 15) is 9.59 Å². The molecule has 0 radical (unpaired) electrons. The maximum Gasteiger partial charge on any atom is 0.326 e. The molecule has 0 bridgehead atoms. The molecule has 2 unspecified atom stereocenters. The molecule has 0 aliphatic heterocycles. The van der Waals surface area contributed by atoms with Crippen LogP contribution in [-0.2, 0) is 4.79 Å². The second-order valence-corrected chi connectivity index (χ2v) is 5.60. The third-order valence-electron chi connectivity index (χ3n) is 2.73. The first kappa shape index (κ1) is 17.1. The molecule has 0 saturated carbocycles. The fourth-order valence-electron chi connectivity index (χ4n) is 1.54. The molecule has 0 aromatic rings. The quantitative estimate of drug-likeness (QED) is 0.665. The van der Waals surface area contributed by atoms with E-state index in [4.69, 9.17) is 5.11 Å². The van der Waals surface area contributed by atoms with E-state index in [0.29, 0.717) is 6.42 Å². The molecule has 0 rings (SSSR count). The van der Waals surface area contributed by atoms with Crippen LogP contribution >= 0.6 is 11.8 Å². The predicted molar refractivity (Wildman–Crippen MR) is 75.1 cm³/mol. The third kappa shape index (κ3) is 6.14. The van der Waals surface area contributed by atoms with Crippen molar-refractivity contribution >= 4 is 23.8 Å². The number of nitrogens with zero attached hydrogens (tertiary/aromatic N) is 1. The highest BCUT2D eigenvalue weighted by atomic mass is 32.2. The van der Waals surface area contributed by atoms with E-state index in [-0.39, 0.29) is 12.1 Å². The lowest BCUT2D eigenvalue weighted by Gasteiger charge is -2.26. The van der Waals surface area contributed by atoms with Crippen molar-refractivity contribution in [3.8, 4) is 0 Å². The molecule has 106 valence electrons. The van der Waals surface area contributed by atoms with Gasteiger partial charge < -0.3 is 15.3 Å². The van der Waals surface area contributed by atoms with Gasteiger partial charge in [0.2, 0.25) is 0 Å². The Balaban J connectivity index is 4.17. The van der Waals surface area contributed by atoms with Crippen molar-refractivity contribution in [2.75, 3.05) is 18.6 Å². The Morgan fingerprint density at radius 2 is 2.00 bits per heavy atom. The summed E-state index contributed by atoms with van der Waals surface area (Å²) in [4.78, 5) is 24.0. The molecule has 2 amide bonds. The average Bonchev–Trinajstić information content (AvgIpc) is 2.29. The maximum absolute atomic E-state index is 11.8. The van der Waals surface area contributed by atoms with Gasteiger partial charge in [0.1, 0.15) is 6.04 Å². The molecule has 2 N–H and O–H groups in total. The van der Waals surface area contributed by atoms with E-state index in [1.165, 1.54) is 11.9 Å². The van der Waals surface area contributed by atoms with Gasteiger partial charge in [-0.3, -0.25) is 0 Å². The summed E-state index contributed by atoms with van der Waals surface area (Å²) in [5, 5.41) is 11.8. The van der Waals surface area contributed by atoms with Gasteiger partial charge in [0.25, 0.3) is 0 Å². The average molecular weight is 276 g/mol. The zero-order valence-corrected chi connectivity index (χ0v) is 12.4. The molecule has 6 heteroatoms. The van der Waals surface area contributed by atoms with Gasteiger partial charge in [0.05, 0.1) is 0 Å². The number of hydrogen-bond donors (Lipinski definition) is 2. The topological polar surface area (TPSA) is 69.6 Å². The number of carbonyl (C=O) groups is 2. The molecule has 0 spiro atoms. The van der Waals surface area contributed by atoms with Crippen molar-refractivity contribution in [3.63, 3.8) is 0 Å². The van der Waals surface area contributed by atoms with Gasteiger partial charge in [0.15, 0.2) is 0 Å². The fourth-order valence-corrected chi connectivity index (χ4v) is 2.35. The predicted octanol–water partition coefficient (Wildman–Crippen LogP) is 2.02. The largest absolute Gasteiger partial charge is 0.480 e. The highest BCUT2D eigenvalue weighted by molar-refractivity contribution is 7.99. The monoisotopic (exact) mass is 276 g/mol. The maximum atomic E-state index is 11.8. The summed E-state index contributed by atoms with van der Waals surface area (Å²) >= 11 is 1.83. The molecule has 2 atom stereocenters. The van der Waals surface area contributed by atoms with Crippen LogP contribution in [0.4, 0.5) is 4.79 Å². The molecule has 0 aliphatic rings. The second-order valence-electron chi connectivity index (χ2n) is 4.21. The lowest BCUT2D eigenvalue weighted by atomic mass is 10.2. The van der Waals surface area contributed by atoms with Crippen LogP contribution in [0.5, 0.6) is 0 Å². The Hall–Kier alpha value is -0.910. The minimum Gasteiger partial charge on any atom is -0.480 e.